The van der Waals surface area contributed by atoms with Crippen LogP contribution in [0.15, 0.2) is 29.5 Å². The van der Waals surface area contributed by atoms with Crippen LogP contribution in [0.2, 0.25) is 0 Å². The maximum Gasteiger partial charge on any atom is 0.213 e. The maximum absolute atomic E-state index is 5.47. The highest BCUT2D eigenvalue weighted by Crippen LogP contribution is 2.18. The smallest absolute Gasteiger partial charge is 0.213 e. The molecule has 0 aliphatic rings. The Morgan fingerprint density at radius 3 is 2.75 bits per heavy atom. The Morgan fingerprint density at radius 1 is 1.36 bits per heavy atom. The topological polar surface area (TPSA) is 67.6 Å². The molecule has 2 aromatic heterocycles. The lowest BCUT2D eigenvalue weighted by Gasteiger charge is -2.22. The molecular weight excluding hydrogens is 467 g/mol. The van der Waals surface area contributed by atoms with Crippen molar-refractivity contribution in [2.45, 2.75) is 46.7 Å². The van der Waals surface area contributed by atoms with Crippen LogP contribution >= 0.6 is 24.0 Å². The number of rotatable bonds is 8. The van der Waals surface area contributed by atoms with Crippen LogP contribution in [0.1, 0.15) is 50.4 Å². The standard InChI is InChI=1S/C20H32N6O.HI/c1-7-21-20(23-12-16-9-10-22-18(11-16)27-8-2)25(5)13-17-14-26(6)24-19(17)15(3)4;/h9-11,14-15H,7-8,12-13H2,1-6H3,(H,21,23);1H. The zero-order chi connectivity index (χ0) is 19.8. The molecule has 0 spiro atoms. The van der Waals surface area contributed by atoms with Gasteiger partial charge < -0.3 is 15.0 Å². The number of ether oxygens (including phenoxy) is 1. The summed E-state index contributed by atoms with van der Waals surface area (Å²) in [5, 5.41) is 7.97. The SMILES string of the molecule is CCNC(=NCc1ccnc(OCC)c1)N(C)Cc1cn(C)nc1C(C)C.I. The summed E-state index contributed by atoms with van der Waals surface area (Å²) in [7, 11) is 4.02. The monoisotopic (exact) mass is 500 g/mol. The van der Waals surface area contributed by atoms with E-state index >= 15 is 0 Å². The van der Waals surface area contributed by atoms with Gasteiger partial charge in [0.15, 0.2) is 5.96 Å². The van der Waals surface area contributed by atoms with Crippen LogP contribution in [0.5, 0.6) is 5.88 Å². The van der Waals surface area contributed by atoms with E-state index in [0.29, 0.717) is 24.9 Å². The van der Waals surface area contributed by atoms with Gasteiger partial charge in [-0.3, -0.25) is 4.68 Å². The van der Waals surface area contributed by atoms with Gasteiger partial charge in [0.1, 0.15) is 0 Å². The first-order valence-electron chi connectivity index (χ1n) is 9.54. The van der Waals surface area contributed by atoms with Gasteiger partial charge in [-0.15, -0.1) is 24.0 Å². The summed E-state index contributed by atoms with van der Waals surface area (Å²) in [6.07, 6.45) is 3.85. The Labute approximate surface area is 185 Å². The summed E-state index contributed by atoms with van der Waals surface area (Å²) in [4.78, 5) is 11.1. The summed E-state index contributed by atoms with van der Waals surface area (Å²) in [6.45, 7) is 11.1. The number of hydrogen-bond acceptors (Lipinski definition) is 4. The van der Waals surface area contributed by atoms with Crippen molar-refractivity contribution in [3.8, 4) is 5.88 Å². The second kappa shape index (κ2) is 11.9. The molecule has 2 heterocycles. The molecule has 7 nitrogen and oxygen atoms in total. The van der Waals surface area contributed by atoms with E-state index in [1.807, 2.05) is 30.8 Å². The highest BCUT2D eigenvalue weighted by molar-refractivity contribution is 14.0. The lowest BCUT2D eigenvalue weighted by atomic mass is 10.1. The summed E-state index contributed by atoms with van der Waals surface area (Å²) >= 11 is 0. The number of halogens is 1. The summed E-state index contributed by atoms with van der Waals surface area (Å²) in [5.74, 6) is 1.90. The Morgan fingerprint density at radius 2 is 2.11 bits per heavy atom. The number of hydrogen-bond donors (Lipinski definition) is 1. The molecule has 156 valence electrons. The fraction of sp³-hybridized carbons (Fsp3) is 0.550. The molecule has 0 aliphatic heterocycles. The number of nitrogens with zero attached hydrogens (tertiary/aromatic N) is 5. The molecule has 0 amide bonds. The van der Waals surface area contributed by atoms with E-state index < -0.39 is 0 Å². The van der Waals surface area contributed by atoms with Gasteiger partial charge in [-0.1, -0.05) is 13.8 Å². The van der Waals surface area contributed by atoms with E-state index in [1.54, 1.807) is 6.20 Å². The molecule has 0 atom stereocenters. The molecule has 2 rings (SSSR count). The number of pyridine rings is 1. The number of guanidine groups is 1. The van der Waals surface area contributed by atoms with Crippen LogP contribution in [-0.4, -0.2) is 45.8 Å². The second-order valence-electron chi connectivity index (χ2n) is 6.83. The summed E-state index contributed by atoms with van der Waals surface area (Å²) in [5.41, 5.74) is 3.43. The third-order valence-corrected chi connectivity index (χ3v) is 4.09. The minimum absolute atomic E-state index is 0. The molecule has 8 heteroatoms. The van der Waals surface area contributed by atoms with Gasteiger partial charge in [0, 0.05) is 51.2 Å². The highest BCUT2D eigenvalue weighted by atomic mass is 127. The van der Waals surface area contributed by atoms with Crippen LogP contribution in [0.25, 0.3) is 0 Å². The average Bonchev–Trinajstić information content (AvgIpc) is 2.99. The summed E-state index contributed by atoms with van der Waals surface area (Å²) < 4.78 is 7.35. The Bertz CT molecular complexity index is 759. The van der Waals surface area contributed by atoms with Gasteiger partial charge in [0.25, 0.3) is 0 Å². The van der Waals surface area contributed by atoms with Crippen LogP contribution in [0.4, 0.5) is 0 Å². The van der Waals surface area contributed by atoms with E-state index in [0.717, 1.165) is 30.3 Å². The van der Waals surface area contributed by atoms with Crippen molar-refractivity contribution in [3.05, 3.63) is 41.3 Å². The van der Waals surface area contributed by atoms with E-state index in [4.69, 9.17) is 9.73 Å². The van der Waals surface area contributed by atoms with Gasteiger partial charge in [-0.05, 0) is 31.4 Å². The second-order valence-corrected chi connectivity index (χ2v) is 6.83. The van der Waals surface area contributed by atoms with Gasteiger partial charge >= 0.3 is 0 Å². The number of aryl methyl sites for hydroxylation is 1. The predicted molar refractivity (Wildman–Crippen MR) is 124 cm³/mol. The van der Waals surface area contributed by atoms with Gasteiger partial charge in [-0.25, -0.2) is 9.98 Å². The number of aromatic nitrogens is 3. The van der Waals surface area contributed by atoms with Crippen LogP contribution in [0.3, 0.4) is 0 Å². The molecule has 1 N–H and O–H groups in total. The minimum atomic E-state index is 0. The van der Waals surface area contributed by atoms with E-state index in [-0.39, 0.29) is 24.0 Å². The Balaban J connectivity index is 0.00000392. The molecule has 0 aromatic carbocycles. The third-order valence-electron chi connectivity index (χ3n) is 4.09. The molecule has 0 saturated heterocycles. The molecule has 0 aliphatic carbocycles. The predicted octanol–water partition coefficient (Wildman–Crippen LogP) is 3.55. The normalized spacial score (nSPS) is 11.3. The molecule has 28 heavy (non-hydrogen) atoms. The average molecular weight is 500 g/mol. The maximum atomic E-state index is 5.47. The first-order valence-corrected chi connectivity index (χ1v) is 9.54. The minimum Gasteiger partial charge on any atom is -0.478 e. The van der Waals surface area contributed by atoms with E-state index in [2.05, 4.69) is 54.3 Å². The van der Waals surface area contributed by atoms with Crippen molar-refractivity contribution in [2.75, 3.05) is 20.2 Å². The Kier molecular flexibility index (Phi) is 10.3. The lowest BCUT2D eigenvalue weighted by molar-refractivity contribution is 0.326. The molecule has 0 fully saturated rings. The first kappa shape index (κ1) is 24.2. The Hall–Kier alpha value is -1.84. The fourth-order valence-corrected chi connectivity index (χ4v) is 2.90. The first-order chi connectivity index (χ1) is 12.9. The highest BCUT2D eigenvalue weighted by Gasteiger charge is 2.15. The van der Waals surface area contributed by atoms with Crippen molar-refractivity contribution in [3.63, 3.8) is 0 Å². The van der Waals surface area contributed by atoms with Crippen molar-refractivity contribution in [1.82, 2.24) is 25.0 Å². The molecular formula is C20H33IN6O. The van der Waals surface area contributed by atoms with Gasteiger partial charge in [0.2, 0.25) is 5.88 Å². The molecule has 2 aromatic rings. The molecule has 0 saturated carbocycles. The van der Waals surface area contributed by atoms with Crippen molar-refractivity contribution < 1.29 is 4.74 Å². The zero-order valence-electron chi connectivity index (χ0n) is 17.8. The number of aliphatic imine (C=N–C) groups is 1. The largest absolute Gasteiger partial charge is 0.478 e. The van der Waals surface area contributed by atoms with Crippen LogP contribution < -0.4 is 10.1 Å². The van der Waals surface area contributed by atoms with E-state index in [1.165, 1.54) is 5.56 Å². The third kappa shape index (κ3) is 6.96. The van der Waals surface area contributed by atoms with Crippen molar-refractivity contribution >= 4 is 29.9 Å². The van der Waals surface area contributed by atoms with Crippen LogP contribution in [-0.2, 0) is 20.1 Å². The zero-order valence-corrected chi connectivity index (χ0v) is 20.1. The number of nitrogens with one attached hydrogen (secondary N) is 1. The molecule has 0 radical (unpaired) electrons. The lowest BCUT2D eigenvalue weighted by Crippen LogP contribution is -2.38. The van der Waals surface area contributed by atoms with Crippen LogP contribution in [0, 0.1) is 0 Å². The van der Waals surface area contributed by atoms with E-state index in [9.17, 15) is 0 Å². The molecule has 0 unspecified atom stereocenters. The van der Waals surface area contributed by atoms with Gasteiger partial charge in [-0.2, -0.15) is 5.10 Å². The van der Waals surface area contributed by atoms with Crippen molar-refractivity contribution in [2.24, 2.45) is 12.0 Å². The quantitative estimate of drug-likeness (QED) is 0.341. The fourth-order valence-electron chi connectivity index (χ4n) is 2.90. The van der Waals surface area contributed by atoms with Gasteiger partial charge in [0.05, 0.1) is 18.8 Å². The molecule has 0 bridgehead atoms. The summed E-state index contributed by atoms with van der Waals surface area (Å²) in [6, 6.07) is 3.90. The van der Waals surface area contributed by atoms with Crippen molar-refractivity contribution in [1.29, 1.82) is 0 Å².